The zero-order chi connectivity index (χ0) is 10.6. The minimum absolute atomic E-state index is 0.290. The van der Waals surface area contributed by atoms with Crippen molar-refractivity contribution in [2.75, 3.05) is 19.5 Å². The zero-order valence-corrected chi connectivity index (χ0v) is 9.24. The number of halogens is 1. The first kappa shape index (κ1) is 10.9. The number of anilines is 1. The maximum absolute atomic E-state index is 5.72. The molecule has 1 aromatic rings. The third-order valence-corrected chi connectivity index (χ3v) is 1.83. The minimum Gasteiger partial charge on any atom is -0.481 e. The fourth-order valence-electron chi connectivity index (χ4n) is 0.722. The monoisotopic (exact) mass is 232 g/mol. The van der Waals surface area contributed by atoms with Crippen LogP contribution >= 0.6 is 23.8 Å². The summed E-state index contributed by atoms with van der Waals surface area (Å²) in [6, 6.07) is 1.51. The van der Waals surface area contributed by atoms with Gasteiger partial charge in [-0.05, 0) is 12.2 Å². The Bertz CT molecular complexity index is 346. The van der Waals surface area contributed by atoms with Gasteiger partial charge in [0.2, 0.25) is 11.8 Å². The van der Waals surface area contributed by atoms with Gasteiger partial charge in [-0.2, -0.15) is 4.98 Å². The number of nitrogens with zero attached hydrogens (tertiary/aromatic N) is 2. The van der Waals surface area contributed by atoms with E-state index in [1.807, 2.05) is 0 Å². The molecule has 0 atom stereocenters. The van der Waals surface area contributed by atoms with Crippen LogP contribution in [-0.4, -0.2) is 29.2 Å². The second-order valence-corrected chi connectivity index (χ2v) is 3.06. The molecule has 5 nitrogen and oxygen atoms in total. The van der Waals surface area contributed by atoms with Crippen LogP contribution in [0, 0.1) is 0 Å². The number of hydrogen-bond acceptors (Lipinski definition) is 4. The lowest BCUT2D eigenvalue weighted by Crippen LogP contribution is -2.25. The Morgan fingerprint density at radius 3 is 2.86 bits per heavy atom. The number of ether oxygens (including phenoxy) is 1. The Labute approximate surface area is 91.8 Å². The number of thiocarbonyl (C=S) groups is 1. The quantitative estimate of drug-likeness (QED) is 0.587. The molecule has 0 aliphatic heterocycles. The van der Waals surface area contributed by atoms with Crippen molar-refractivity contribution in [2.45, 2.75) is 0 Å². The van der Waals surface area contributed by atoms with Gasteiger partial charge in [0, 0.05) is 13.1 Å². The van der Waals surface area contributed by atoms with E-state index in [1.165, 1.54) is 13.2 Å². The average molecular weight is 233 g/mol. The Morgan fingerprint density at radius 1 is 1.57 bits per heavy atom. The van der Waals surface area contributed by atoms with Crippen LogP contribution in [-0.2, 0) is 0 Å². The normalized spacial score (nSPS) is 9.36. The van der Waals surface area contributed by atoms with Crippen molar-refractivity contribution in [1.82, 2.24) is 15.3 Å². The smallest absolute Gasteiger partial charge is 0.233 e. The second kappa shape index (κ2) is 4.92. The van der Waals surface area contributed by atoms with Crippen molar-refractivity contribution in [3.8, 4) is 5.88 Å². The largest absolute Gasteiger partial charge is 0.481 e. The van der Waals surface area contributed by atoms with Gasteiger partial charge in [0.1, 0.15) is 5.15 Å². The van der Waals surface area contributed by atoms with Crippen molar-refractivity contribution in [3.05, 3.63) is 11.2 Å². The number of hydrogen-bond donors (Lipinski definition) is 2. The summed E-state index contributed by atoms with van der Waals surface area (Å²) in [7, 11) is 3.19. The summed E-state index contributed by atoms with van der Waals surface area (Å²) < 4.78 is 4.91. The van der Waals surface area contributed by atoms with Crippen LogP contribution in [0.1, 0.15) is 0 Å². The molecular formula is C7H9ClN4OS. The predicted molar refractivity (Wildman–Crippen MR) is 58.9 cm³/mol. The lowest BCUT2D eigenvalue weighted by Gasteiger charge is -2.06. The van der Waals surface area contributed by atoms with Crippen molar-refractivity contribution in [2.24, 2.45) is 0 Å². The number of aromatic nitrogens is 2. The molecule has 0 spiro atoms. The number of rotatable bonds is 2. The topological polar surface area (TPSA) is 59.1 Å². The molecule has 0 aromatic carbocycles. The summed E-state index contributed by atoms with van der Waals surface area (Å²) in [5.74, 6) is 0.681. The number of nitrogens with one attached hydrogen (secondary N) is 2. The molecule has 0 amide bonds. The first-order chi connectivity index (χ1) is 6.65. The highest BCUT2D eigenvalue weighted by Crippen LogP contribution is 2.15. The molecule has 0 radical (unpaired) electrons. The molecule has 76 valence electrons. The van der Waals surface area contributed by atoms with Gasteiger partial charge in [0.05, 0.1) is 7.11 Å². The average Bonchev–Trinajstić information content (AvgIpc) is 2.16. The highest BCUT2D eigenvalue weighted by Gasteiger charge is 2.03. The summed E-state index contributed by atoms with van der Waals surface area (Å²) in [6.45, 7) is 0. The molecular weight excluding hydrogens is 224 g/mol. The van der Waals surface area contributed by atoms with Gasteiger partial charge in [-0.3, -0.25) is 0 Å². The molecule has 7 heteroatoms. The molecule has 1 heterocycles. The van der Waals surface area contributed by atoms with Gasteiger partial charge >= 0.3 is 0 Å². The molecule has 0 aliphatic carbocycles. The van der Waals surface area contributed by atoms with Crippen molar-refractivity contribution < 1.29 is 4.74 Å². The van der Waals surface area contributed by atoms with Crippen LogP contribution in [0.2, 0.25) is 5.15 Å². The third-order valence-electron chi connectivity index (χ3n) is 1.33. The summed E-state index contributed by atoms with van der Waals surface area (Å²) in [5, 5.41) is 6.17. The van der Waals surface area contributed by atoms with Crippen LogP contribution in [0.5, 0.6) is 5.88 Å². The highest BCUT2D eigenvalue weighted by molar-refractivity contribution is 7.80. The molecule has 0 bridgehead atoms. The van der Waals surface area contributed by atoms with E-state index in [-0.39, 0.29) is 0 Å². The fourth-order valence-corrected chi connectivity index (χ4v) is 0.986. The molecule has 1 rings (SSSR count). The lowest BCUT2D eigenvalue weighted by molar-refractivity contribution is 0.397. The Kier molecular flexibility index (Phi) is 3.84. The molecule has 0 aliphatic rings. The van der Waals surface area contributed by atoms with Crippen LogP contribution in [0.25, 0.3) is 0 Å². The standard InChI is InChI=1S/C7H9ClN4OS/c1-9-7(14)12-6-10-4(8)3-5(11-6)13-2/h3H,1-2H3,(H2,9,10,11,12,14). The van der Waals surface area contributed by atoms with E-state index in [2.05, 4.69) is 20.6 Å². The molecule has 0 saturated heterocycles. The van der Waals surface area contributed by atoms with Gasteiger partial charge < -0.3 is 15.4 Å². The van der Waals surface area contributed by atoms with E-state index < -0.39 is 0 Å². The van der Waals surface area contributed by atoms with Gasteiger partial charge in [0.15, 0.2) is 5.11 Å². The van der Waals surface area contributed by atoms with Crippen LogP contribution in [0.3, 0.4) is 0 Å². The summed E-state index contributed by atoms with van der Waals surface area (Å²) in [4.78, 5) is 7.89. The molecule has 1 aromatic heterocycles. The van der Waals surface area contributed by atoms with Gasteiger partial charge in [-0.15, -0.1) is 0 Å². The van der Waals surface area contributed by atoms with Crippen LogP contribution in [0.4, 0.5) is 5.95 Å². The zero-order valence-electron chi connectivity index (χ0n) is 7.67. The van der Waals surface area contributed by atoms with E-state index in [0.717, 1.165) is 0 Å². The predicted octanol–water partition coefficient (Wildman–Crippen LogP) is 1.05. The first-order valence-electron chi connectivity index (χ1n) is 3.73. The first-order valence-corrected chi connectivity index (χ1v) is 4.51. The molecule has 0 fully saturated rings. The number of methoxy groups -OCH3 is 1. The van der Waals surface area contributed by atoms with Gasteiger partial charge in [0.25, 0.3) is 0 Å². The molecule has 14 heavy (non-hydrogen) atoms. The van der Waals surface area contributed by atoms with Crippen molar-refractivity contribution in [1.29, 1.82) is 0 Å². The van der Waals surface area contributed by atoms with Crippen molar-refractivity contribution >= 4 is 34.9 Å². The highest BCUT2D eigenvalue weighted by atomic mass is 35.5. The van der Waals surface area contributed by atoms with E-state index in [0.29, 0.717) is 22.1 Å². The SMILES string of the molecule is CNC(=S)Nc1nc(Cl)cc(OC)n1. The summed E-state index contributed by atoms with van der Waals surface area (Å²) in [5.41, 5.74) is 0. The maximum Gasteiger partial charge on any atom is 0.233 e. The molecule has 0 saturated carbocycles. The Hall–Kier alpha value is -1.14. The van der Waals surface area contributed by atoms with E-state index in [1.54, 1.807) is 7.05 Å². The Balaban J connectivity index is 2.86. The maximum atomic E-state index is 5.72. The van der Waals surface area contributed by atoms with Gasteiger partial charge in [-0.25, -0.2) is 4.98 Å². The van der Waals surface area contributed by atoms with E-state index in [9.17, 15) is 0 Å². The lowest BCUT2D eigenvalue weighted by atomic mass is 10.6. The summed E-state index contributed by atoms with van der Waals surface area (Å²) in [6.07, 6.45) is 0. The molecule has 0 unspecified atom stereocenters. The van der Waals surface area contributed by atoms with Crippen LogP contribution in [0.15, 0.2) is 6.07 Å². The van der Waals surface area contributed by atoms with Gasteiger partial charge in [-0.1, -0.05) is 11.6 Å². The fraction of sp³-hybridized carbons (Fsp3) is 0.286. The van der Waals surface area contributed by atoms with Crippen LogP contribution < -0.4 is 15.4 Å². The van der Waals surface area contributed by atoms with Crippen molar-refractivity contribution in [3.63, 3.8) is 0 Å². The van der Waals surface area contributed by atoms with E-state index in [4.69, 9.17) is 28.6 Å². The molecule has 2 N–H and O–H groups in total. The summed E-state index contributed by atoms with van der Waals surface area (Å²) >= 11 is 10.6. The third kappa shape index (κ3) is 2.97. The second-order valence-electron chi connectivity index (χ2n) is 2.26. The minimum atomic E-state index is 0.290. The van der Waals surface area contributed by atoms with E-state index >= 15 is 0 Å². The Morgan fingerprint density at radius 2 is 2.29 bits per heavy atom.